The highest BCUT2D eigenvalue weighted by molar-refractivity contribution is 5.85. The van der Waals surface area contributed by atoms with Gasteiger partial charge in [-0.1, -0.05) is 31.4 Å². The Bertz CT molecular complexity index is 608. The van der Waals surface area contributed by atoms with Crippen LogP contribution in [0.3, 0.4) is 0 Å². The minimum absolute atomic E-state index is 0. The van der Waals surface area contributed by atoms with E-state index in [1.807, 2.05) is 6.07 Å². The summed E-state index contributed by atoms with van der Waals surface area (Å²) in [6.07, 6.45) is 7.04. The topological polar surface area (TPSA) is 50.4 Å². The van der Waals surface area contributed by atoms with E-state index in [0.717, 1.165) is 57.2 Å². The van der Waals surface area contributed by atoms with Gasteiger partial charge in [-0.05, 0) is 56.5 Å². The summed E-state index contributed by atoms with van der Waals surface area (Å²) in [4.78, 5) is 13.1. The molecule has 6 heteroatoms. The number of halogens is 2. The maximum absolute atomic E-state index is 13.8. The van der Waals surface area contributed by atoms with Gasteiger partial charge >= 0.3 is 0 Å². The Morgan fingerprint density at radius 3 is 2.52 bits per heavy atom. The molecule has 1 aromatic rings. The lowest BCUT2D eigenvalue weighted by molar-refractivity contribution is -0.136. The summed E-state index contributed by atoms with van der Waals surface area (Å²) >= 11 is 0. The molecule has 27 heavy (non-hydrogen) atoms. The van der Waals surface area contributed by atoms with E-state index in [1.165, 1.54) is 12.5 Å². The quantitative estimate of drug-likeness (QED) is 0.770. The fraction of sp³-hybridized carbons (Fsp3) is 0.667. The van der Waals surface area contributed by atoms with Crippen LogP contribution in [-0.2, 0) is 14.9 Å². The van der Waals surface area contributed by atoms with Gasteiger partial charge in [0.25, 0.3) is 0 Å². The maximum Gasteiger partial charge on any atom is 0.228 e. The Labute approximate surface area is 168 Å². The Kier molecular flexibility index (Phi) is 8.07. The monoisotopic (exact) mass is 398 g/mol. The Morgan fingerprint density at radius 2 is 1.89 bits per heavy atom. The van der Waals surface area contributed by atoms with Gasteiger partial charge in [0.1, 0.15) is 5.82 Å². The molecule has 1 heterocycles. The lowest BCUT2D eigenvalue weighted by atomic mass is 9.69. The summed E-state index contributed by atoms with van der Waals surface area (Å²) in [5.74, 6) is -0.116. The molecule has 2 fully saturated rings. The highest BCUT2D eigenvalue weighted by Gasteiger charge is 2.41. The van der Waals surface area contributed by atoms with Crippen LogP contribution in [0, 0.1) is 11.2 Å². The molecule has 1 saturated carbocycles. The molecule has 2 N–H and O–H groups in total. The second-order valence-electron chi connectivity index (χ2n) is 8.00. The fourth-order valence-corrected chi connectivity index (χ4v) is 4.67. The summed E-state index contributed by atoms with van der Waals surface area (Å²) in [5.41, 5.74) is 0.415. The standard InChI is InChI=1S/C21H31FN2O2.ClH/c1-26-16-21(10-12-23-13-11-21)19(25)24-15-20(8-3-2-4-9-20)17-6-5-7-18(22)14-17;/h5-7,14,23H,2-4,8-13,15-16H2,1H3,(H,24,25);1H. The van der Waals surface area contributed by atoms with Gasteiger partial charge in [-0.15, -0.1) is 12.4 Å². The third kappa shape index (κ3) is 5.01. The van der Waals surface area contributed by atoms with Crippen molar-refractivity contribution in [2.24, 2.45) is 5.41 Å². The number of nitrogens with one attached hydrogen (secondary N) is 2. The zero-order valence-electron chi connectivity index (χ0n) is 16.2. The van der Waals surface area contributed by atoms with Crippen LogP contribution in [0.5, 0.6) is 0 Å². The van der Waals surface area contributed by atoms with E-state index in [2.05, 4.69) is 10.6 Å². The number of carbonyl (C=O) groups excluding carboxylic acids is 1. The molecule has 0 spiro atoms. The second kappa shape index (κ2) is 9.85. The van der Waals surface area contributed by atoms with Crippen LogP contribution in [0.15, 0.2) is 24.3 Å². The molecule has 152 valence electrons. The molecule has 0 radical (unpaired) electrons. The van der Waals surface area contributed by atoms with E-state index in [0.29, 0.717) is 13.2 Å². The van der Waals surface area contributed by atoms with E-state index in [9.17, 15) is 9.18 Å². The van der Waals surface area contributed by atoms with Crippen LogP contribution in [0.25, 0.3) is 0 Å². The summed E-state index contributed by atoms with van der Waals surface area (Å²) < 4.78 is 19.2. The van der Waals surface area contributed by atoms with Gasteiger partial charge in [-0.25, -0.2) is 4.39 Å². The first kappa shape index (κ1) is 22.1. The molecular weight excluding hydrogens is 367 g/mol. The number of ether oxygens (including phenoxy) is 1. The number of hydrogen-bond acceptors (Lipinski definition) is 3. The second-order valence-corrected chi connectivity index (χ2v) is 8.00. The van der Waals surface area contributed by atoms with Crippen molar-refractivity contribution in [2.75, 3.05) is 33.4 Å². The van der Waals surface area contributed by atoms with E-state index in [4.69, 9.17) is 4.74 Å². The zero-order chi connectivity index (χ0) is 18.5. The smallest absolute Gasteiger partial charge is 0.228 e. The number of rotatable bonds is 6. The fourth-order valence-electron chi connectivity index (χ4n) is 4.67. The SMILES string of the molecule is COCC1(C(=O)NCC2(c3cccc(F)c3)CCCCC2)CCNCC1.Cl. The number of methoxy groups -OCH3 is 1. The van der Waals surface area contributed by atoms with Gasteiger partial charge in [-0.3, -0.25) is 4.79 Å². The molecular formula is C21H32ClFN2O2. The van der Waals surface area contributed by atoms with Crippen LogP contribution in [0.2, 0.25) is 0 Å². The molecule has 3 rings (SSSR count). The van der Waals surface area contributed by atoms with Crippen molar-refractivity contribution < 1.29 is 13.9 Å². The van der Waals surface area contributed by atoms with Gasteiger partial charge in [0.05, 0.1) is 12.0 Å². The summed E-state index contributed by atoms with van der Waals surface area (Å²) in [5, 5.41) is 6.56. The lowest BCUT2D eigenvalue weighted by Gasteiger charge is -2.40. The van der Waals surface area contributed by atoms with Crippen molar-refractivity contribution in [3.8, 4) is 0 Å². The van der Waals surface area contributed by atoms with Crippen molar-refractivity contribution >= 4 is 18.3 Å². The largest absolute Gasteiger partial charge is 0.384 e. The number of amides is 1. The molecule has 0 aromatic heterocycles. The van der Waals surface area contributed by atoms with Crippen molar-refractivity contribution in [3.05, 3.63) is 35.6 Å². The normalized spacial score (nSPS) is 21.1. The van der Waals surface area contributed by atoms with Crippen LogP contribution in [0.1, 0.15) is 50.5 Å². The first-order valence-electron chi connectivity index (χ1n) is 9.84. The first-order valence-corrected chi connectivity index (χ1v) is 9.84. The minimum atomic E-state index is -0.447. The van der Waals surface area contributed by atoms with Crippen LogP contribution < -0.4 is 10.6 Å². The van der Waals surface area contributed by atoms with Crippen molar-refractivity contribution in [2.45, 2.75) is 50.4 Å². The molecule has 0 atom stereocenters. The number of carbonyl (C=O) groups is 1. The third-order valence-electron chi connectivity index (χ3n) is 6.30. The van der Waals surface area contributed by atoms with Crippen LogP contribution in [0.4, 0.5) is 4.39 Å². The molecule has 1 aliphatic carbocycles. The minimum Gasteiger partial charge on any atom is -0.384 e. The highest BCUT2D eigenvalue weighted by Crippen LogP contribution is 2.39. The van der Waals surface area contributed by atoms with Gasteiger partial charge in [0.2, 0.25) is 5.91 Å². The Balaban J connectivity index is 0.00000261. The van der Waals surface area contributed by atoms with E-state index < -0.39 is 5.41 Å². The Morgan fingerprint density at radius 1 is 1.19 bits per heavy atom. The molecule has 1 amide bonds. The van der Waals surface area contributed by atoms with Gasteiger partial charge in [0.15, 0.2) is 0 Å². The average Bonchev–Trinajstić information content (AvgIpc) is 2.68. The molecule has 4 nitrogen and oxygen atoms in total. The molecule has 1 aliphatic heterocycles. The third-order valence-corrected chi connectivity index (χ3v) is 6.30. The molecule has 1 saturated heterocycles. The summed E-state index contributed by atoms with van der Waals surface area (Å²) in [7, 11) is 1.66. The van der Waals surface area contributed by atoms with Crippen LogP contribution >= 0.6 is 12.4 Å². The predicted octanol–water partition coefficient (Wildman–Crippen LogP) is 3.58. The zero-order valence-corrected chi connectivity index (χ0v) is 17.0. The van der Waals surface area contributed by atoms with Gasteiger partial charge in [-0.2, -0.15) is 0 Å². The first-order chi connectivity index (χ1) is 12.6. The molecule has 2 aliphatic rings. The van der Waals surface area contributed by atoms with E-state index in [1.54, 1.807) is 19.2 Å². The van der Waals surface area contributed by atoms with E-state index in [-0.39, 0.29) is 29.5 Å². The van der Waals surface area contributed by atoms with Crippen molar-refractivity contribution in [1.82, 2.24) is 10.6 Å². The molecule has 1 aromatic carbocycles. The number of hydrogen-bond donors (Lipinski definition) is 2. The summed E-state index contributed by atoms with van der Waals surface area (Å²) in [6.45, 7) is 2.71. The van der Waals surface area contributed by atoms with Crippen molar-refractivity contribution in [1.29, 1.82) is 0 Å². The molecule has 0 unspecified atom stereocenters. The lowest BCUT2D eigenvalue weighted by Crippen LogP contribution is -2.53. The summed E-state index contributed by atoms with van der Waals surface area (Å²) in [6, 6.07) is 6.92. The average molecular weight is 399 g/mol. The number of benzene rings is 1. The molecule has 0 bridgehead atoms. The predicted molar refractivity (Wildman–Crippen MR) is 108 cm³/mol. The van der Waals surface area contributed by atoms with Gasteiger partial charge in [0, 0.05) is 19.1 Å². The highest BCUT2D eigenvalue weighted by atomic mass is 35.5. The Hall–Kier alpha value is -1.17. The maximum atomic E-state index is 13.8. The van der Waals surface area contributed by atoms with Crippen molar-refractivity contribution in [3.63, 3.8) is 0 Å². The van der Waals surface area contributed by atoms with E-state index >= 15 is 0 Å². The van der Waals surface area contributed by atoms with Gasteiger partial charge < -0.3 is 15.4 Å². The van der Waals surface area contributed by atoms with Crippen LogP contribution in [-0.4, -0.2) is 39.3 Å². The number of piperidine rings is 1.